The predicted octanol–water partition coefficient (Wildman–Crippen LogP) is 1.32. The third-order valence-electron chi connectivity index (χ3n) is 3.98. The second kappa shape index (κ2) is 11.5. The van der Waals surface area contributed by atoms with Crippen LogP contribution in [0.5, 0.6) is 0 Å². The SMILES string of the molecule is CCNC(=NCCNC(=O)C(C)(C)C)N1CCCC(CC(N)=O)C1.I. The van der Waals surface area contributed by atoms with Gasteiger partial charge in [-0.3, -0.25) is 14.6 Å². The van der Waals surface area contributed by atoms with Crippen LogP contribution in [0.25, 0.3) is 0 Å². The topological polar surface area (TPSA) is 99.8 Å². The number of hydrogen-bond acceptors (Lipinski definition) is 3. The number of carbonyl (C=O) groups excluding carboxylic acids is 2. The molecule has 1 fully saturated rings. The maximum Gasteiger partial charge on any atom is 0.225 e. The molecule has 1 atom stereocenters. The highest BCUT2D eigenvalue weighted by atomic mass is 127. The molecule has 0 saturated carbocycles. The summed E-state index contributed by atoms with van der Waals surface area (Å²) >= 11 is 0. The monoisotopic (exact) mass is 467 g/mol. The summed E-state index contributed by atoms with van der Waals surface area (Å²) in [5, 5.41) is 6.20. The third kappa shape index (κ3) is 9.27. The summed E-state index contributed by atoms with van der Waals surface area (Å²) in [6.07, 6.45) is 2.49. The van der Waals surface area contributed by atoms with E-state index < -0.39 is 0 Å². The van der Waals surface area contributed by atoms with Crippen LogP contribution in [0, 0.1) is 11.3 Å². The minimum Gasteiger partial charge on any atom is -0.370 e. The number of guanidine groups is 1. The van der Waals surface area contributed by atoms with Gasteiger partial charge in [0.1, 0.15) is 0 Å². The van der Waals surface area contributed by atoms with Gasteiger partial charge in [-0.15, -0.1) is 24.0 Å². The fraction of sp³-hybridized carbons (Fsp3) is 0.824. The minimum absolute atomic E-state index is 0. The van der Waals surface area contributed by atoms with E-state index in [0.29, 0.717) is 25.4 Å². The fourth-order valence-corrected chi connectivity index (χ4v) is 2.73. The van der Waals surface area contributed by atoms with Crippen molar-refractivity contribution in [1.29, 1.82) is 0 Å². The molecule has 8 heteroatoms. The highest BCUT2D eigenvalue weighted by Crippen LogP contribution is 2.19. The lowest BCUT2D eigenvalue weighted by molar-refractivity contribution is -0.128. The van der Waals surface area contributed by atoms with E-state index in [4.69, 9.17) is 5.73 Å². The second-order valence-electron chi connectivity index (χ2n) is 7.37. The molecule has 1 aliphatic rings. The van der Waals surface area contributed by atoms with E-state index in [1.807, 2.05) is 27.7 Å². The Kier molecular flexibility index (Phi) is 11.0. The van der Waals surface area contributed by atoms with Gasteiger partial charge < -0.3 is 21.3 Å². The quantitative estimate of drug-likeness (QED) is 0.238. The summed E-state index contributed by atoms with van der Waals surface area (Å²) in [4.78, 5) is 29.8. The Balaban J connectivity index is 0.00000576. The zero-order valence-corrected chi connectivity index (χ0v) is 18.3. The Labute approximate surface area is 168 Å². The Bertz CT molecular complexity index is 462. The molecule has 2 amide bonds. The van der Waals surface area contributed by atoms with Crippen LogP contribution in [0.2, 0.25) is 0 Å². The van der Waals surface area contributed by atoms with E-state index in [1.54, 1.807) is 0 Å². The molecule has 0 aliphatic carbocycles. The van der Waals surface area contributed by atoms with E-state index in [1.165, 1.54) is 0 Å². The van der Waals surface area contributed by atoms with E-state index in [2.05, 4.69) is 20.5 Å². The lowest BCUT2D eigenvalue weighted by Crippen LogP contribution is -2.47. The van der Waals surface area contributed by atoms with Crippen molar-refractivity contribution in [2.75, 3.05) is 32.7 Å². The number of nitrogens with two attached hydrogens (primary N) is 1. The first-order chi connectivity index (χ1) is 11.2. The Hall–Kier alpha value is -1.06. The van der Waals surface area contributed by atoms with Crippen molar-refractivity contribution in [2.45, 2.75) is 47.0 Å². The number of primary amides is 1. The van der Waals surface area contributed by atoms with Crippen molar-refractivity contribution < 1.29 is 9.59 Å². The number of nitrogens with zero attached hydrogens (tertiary/aromatic N) is 2. The number of rotatable bonds is 6. The summed E-state index contributed by atoms with van der Waals surface area (Å²) in [6, 6.07) is 0. The number of halogens is 1. The van der Waals surface area contributed by atoms with Crippen LogP contribution in [-0.2, 0) is 9.59 Å². The number of piperidine rings is 1. The highest BCUT2D eigenvalue weighted by molar-refractivity contribution is 14.0. The molecule has 1 heterocycles. The van der Waals surface area contributed by atoms with Gasteiger partial charge in [-0.1, -0.05) is 20.8 Å². The molecule has 0 aromatic heterocycles. The predicted molar refractivity (Wildman–Crippen MR) is 112 cm³/mol. The standard InChI is InChI=1S/C17H33N5O2.HI/c1-5-19-16(21-9-8-20-15(24)17(2,3)4)22-10-6-7-13(12-22)11-14(18)23;/h13H,5-12H2,1-4H3,(H2,18,23)(H,19,21)(H,20,24);1H. The number of amides is 2. The van der Waals surface area contributed by atoms with Gasteiger partial charge in [0.25, 0.3) is 0 Å². The van der Waals surface area contributed by atoms with Crippen LogP contribution in [-0.4, -0.2) is 55.4 Å². The lowest BCUT2D eigenvalue weighted by atomic mass is 9.95. The average Bonchev–Trinajstić information content (AvgIpc) is 2.48. The summed E-state index contributed by atoms with van der Waals surface area (Å²) < 4.78 is 0. The molecule has 0 radical (unpaired) electrons. The molecule has 146 valence electrons. The highest BCUT2D eigenvalue weighted by Gasteiger charge is 2.23. The van der Waals surface area contributed by atoms with Crippen LogP contribution in [0.3, 0.4) is 0 Å². The smallest absolute Gasteiger partial charge is 0.225 e. The van der Waals surface area contributed by atoms with Crippen LogP contribution in [0.1, 0.15) is 47.0 Å². The van der Waals surface area contributed by atoms with Gasteiger partial charge in [-0.2, -0.15) is 0 Å². The van der Waals surface area contributed by atoms with E-state index in [-0.39, 0.29) is 41.2 Å². The Morgan fingerprint density at radius 3 is 2.52 bits per heavy atom. The first-order valence-corrected chi connectivity index (χ1v) is 8.84. The molecule has 4 N–H and O–H groups in total. The van der Waals surface area contributed by atoms with Crippen molar-refractivity contribution in [2.24, 2.45) is 22.1 Å². The van der Waals surface area contributed by atoms with Crippen LogP contribution < -0.4 is 16.4 Å². The zero-order valence-electron chi connectivity index (χ0n) is 15.9. The average molecular weight is 467 g/mol. The van der Waals surface area contributed by atoms with E-state index in [0.717, 1.165) is 38.4 Å². The van der Waals surface area contributed by atoms with Crippen molar-refractivity contribution in [3.8, 4) is 0 Å². The van der Waals surface area contributed by atoms with Gasteiger partial charge >= 0.3 is 0 Å². The Morgan fingerprint density at radius 1 is 1.28 bits per heavy atom. The van der Waals surface area contributed by atoms with Gasteiger partial charge in [-0.05, 0) is 25.7 Å². The van der Waals surface area contributed by atoms with Gasteiger partial charge in [0, 0.05) is 38.0 Å². The van der Waals surface area contributed by atoms with Gasteiger partial charge in [0.2, 0.25) is 11.8 Å². The molecule has 0 spiro atoms. The minimum atomic E-state index is -0.386. The summed E-state index contributed by atoms with van der Waals surface area (Å²) in [5.41, 5.74) is 4.94. The molecular formula is C17H34IN5O2. The maximum absolute atomic E-state index is 11.9. The lowest BCUT2D eigenvalue weighted by Gasteiger charge is -2.34. The number of hydrogen-bond donors (Lipinski definition) is 3. The molecule has 7 nitrogen and oxygen atoms in total. The van der Waals surface area contributed by atoms with Crippen molar-refractivity contribution >= 4 is 41.8 Å². The molecule has 25 heavy (non-hydrogen) atoms. The largest absolute Gasteiger partial charge is 0.370 e. The number of nitrogens with one attached hydrogen (secondary N) is 2. The van der Waals surface area contributed by atoms with Crippen LogP contribution in [0.4, 0.5) is 0 Å². The van der Waals surface area contributed by atoms with Crippen molar-refractivity contribution in [3.05, 3.63) is 0 Å². The molecule has 1 rings (SSSR count). The molecule has 0 bridgehead atoms. The Morgan fingerprint density at radius 2 is 1.96 bits per heavy atom. The molecule has 1 unspecified atom stereocenters. The normalized spacial score (nSPS) is 18.3. The van der Waals surface area contributed by atoms with Crippen LogP contribution in [0.15, 0.2) is 4.99 Å². The third-order valence-corrected chi connectivity index (χ3v) is 3.98. The summed E-state index contributed by atoms with van der Waals surface area (Å²) in [5.74, 6) is 0.924. The molecule has 0 aromatic carbocycles. The van der Waals surface area contributed by atoms with Crippen LogP contribution >= 0.6 is 24.0 Å². The molecule has 1 saturated heterocycles. The molecule has 0 aromatic rings. The zero-order chi connectivity index (χ0) is 18.2. The fourth-order valence-electron chi connectivity index (χ4n) is 2.73. The van der Waals surface area contributed by atoms with Crippen molar-refractivity contribution in [1.82, 2.24) is 15.5 Å². The second-order valence-corrected chi connectivity index (χ2v) is 7.37. The first kappa shape index (κ1) is 23.9. The van der Waals surface area contributed by atoms with E-state index in [9.17, 15) is 9.59 Å². The molecular weight excluding hydrogens is 433 g/mol. The van der Waals surface area contributed by atoms with Gasteiger partial charge in [0.15, 0.2) is 5.96 Å². The van der Waals surface area contributed by atoms with Gasteiger partial charge in [0.05, 0.1) is 6.54 Å². The maximum atomic E-state index is 11.9. The van der Waals surface area contributed by atoms with Gasteiger partial charge in [-0.25, -0.2) is 0 Å². The summed E-state index contributed by atoms with van der Waals surface area (Å²) in [7, 11) is 0. The first-order valence-electron chi connectivity index (χ1n) is 8.84. The van der Waals surface area contributed by atoms with E-state index >= 15 is 0 Å². The number of carbonyl (C=O) groups is 2. The number of likely N-dealkylation sites (tertiary alicyclic amines) is 1. The number of aliphatic imine (C=N–C) groups is 1. The molecule has 1 aliphatic heterocycles. The summed E-state index contributed by atoms with van der Waals surface area (Å²) in [6.45, 7) is 11.3. The van der Waals surface area contributed by atoms with Crippen molar-refractivity contribution in [3.63, 3.8) is 0 Å².